The van der Waals surface area contributed by atoms with Gasteiger partial charge in [0.05, 0.1) is 7.11 Å². The lowest BCUT2D eigenvalue weighted by atomic mass is 10.1. The molecule has 1 rings (SSSR count). The molecule has 0 aliphatic heterocycles. The summed E-state index contributed by atoms with van der Waals surface area (Å²) in [5.74, 6) is 0.880. The van der Waals surface area contributed by atoms with Gasteiger partial charge in [-0.15, -0.1) is 0 Å². The van der Waals surface area contributed by atoms with Crippen molar-refractivity contribution < 1.29 is 9.53 Å². The molecule has 0 aliphatic carbocycles. The number of rotatable bonds is 6. The minimum atomic E-state index is 0.723. The monoisotopic (exact) mass is 193 g/mol. The van der Waals surface area contributed by atoms with Gasteiger partial charge in [-0.3, -0.25) is 4.79 Å². The molecule has 0 saturated heterocycles. The minimum absolute atomic E-state index is 0.723. The van der Waals surface area contributed by atoms with E-state index in [2.05, 4.69) is 11.4 Å². The summed E-state index contributed by atoms with van der Waals surface area (Å²) in [6.45, 7) is 0.723. The Balaban J connectivity index is 2.38. The summed E-state index contributed by atoms with van der Waals surface area (Å²) in [6, 6.07) is 7.97. The second-order valence-corrected chi connectivity index (χ2v) is 3.03. The van der Waals surface area contributed by atoms with E-state index in [1.54, 1.807) is 7.11 Å². The summed E-state index contributed by atoms with van der Waals surface area (Å²) in [5.41, 5.74) is 1.23. The van der Waals surface area contributed by atoms with Crippen LogP contribution in [0.2, 0.25) is 0 Å². The summed E-state index contributed by atoms with van der Waals surface area (Å²) < 4.78 is 5.11. The second kappa shape index (κ2) is 6.02. The number of carbonyl (C=O) groups is 1. The molecule has 0 radical (unpaired) electrons. The summed E-state index contributed by atoms with van der Waals surface area (Å²) in [7, 11) is 1.66. The fourth-order valence-corrected chi connectivity index (χ4v) is 1.28. The molecule has 3 nitrogen and oxygen atoms in total. The first-order valence-electron chi connectivity index (χ1n) is 4.67. The number of methoxy groups -OCH3 is 1. The van der Waals surface area contributed by atoms with Crippen molar-refractivity contribution in [1.82, 2.24) is 5.32 Å². The lowest BCUT2D eigenvalue weighted by Gasteiger charge is -2.03. The van der Waals surface area contributed by atoms with Crippen LogP contribution in [0, 0.1) is 0 Å². The van der Waals surface area contributed by atoms with Crippen LogP contribution in [-0.4, -0.2) is 20.1 Å². The van der Waals surface area contributed by atoms with Crippen LogP contribution in [0.5, 0.6) is 5.75 Å². The molecule has 0 aromatic heterocycles. The molecular formula is C11H15NO2. The van der Waals surface area contributed by atoms with E-state index >= 15 is 0 Å². The summed E-state index contributed by atoms with van der Waals surface area (Å²) >= 11 is 0. The predicted molar refractivity (Wildman–Crippen MR) is 55.4 cm³/mol. The van der Waals surface area contributed by atoms with E-state index in [4.69, 9.17) is 4.74 Å². The molecule has 0 saturated carbocycles. The molecule has 0 aliphatic rings. The van der Waals surface area contributed by atoms with Crippen molar-refractivity contribution in [3.05, 3.63) is 29.8 Å². The van der Waals surface area contributed by atoms with Gasteiger partial charge in [-0.25, -0.2) is 0 Å². The van der Waals surface area contributed by atoms with Gasteiger partial charge in [0.2, 0.25) is 6.41 Å². The summed E-state index contributed by atoms with van der Waals surface area (Å²) in [4.78, 5) is 9.99. The average molecular weight is 193 g/mol. The van der Waals surface area contributed by atoms with Gasteiger partial charge in [-0.2, -0.15) is 0 Å². The second-order valence-electron chi connectivity index (χ2n) is 3.03. The number of hydrogen-bond acceptors (Lipinski definition) is 2. The SMILES string of the molecule is COc1cccc(CCCNC=O)c1. The first-order chi connectivity index (χ1) is 6.86. The third kappa shape index (κ3) is 3.47. The Kier molecular flexibility index (Phi) is 4.55. The smallest absolute Gasteiger partial charge is 0.207 e. The maximum absolute atomic E-state index is 9.99. The van der Waals surface area contributed by atoms with E-state index in [1.807, 2.05) is 18.2 Å². The predicted octanol–water partition coefficient (Wildman–Crippen LogP) is 1.37. The Morgan fingerprint density at radius 2 is 2.36 bits per heavy atom. The molecule has 1 aromatic carbocycles. The molecule has 1 amide bonds. The van der Waals surface area contributed by atoms with Crippen molar-refractivity contribution in [2.75, 3.05) is 13.7 Å². The number of hydrogen-bond donors (Lipinski definition) is 1. The third-order valence-electron chi connectivity index (χ3n) is 2.00. The molecule has 0 unspecified atom stereocenters. The van der Waals surface area contributed by atoms with E-state index in [0.29, 0.717) is 0 Å². The van der Waals surface area contributed by atoms with Crippen molar-refractivity contribution in [1.29, 1.82) is 0 Å². The molecule has 0 heterocycles. The van der Waals surface area contributed by atoms with Gasteiger partial charge in [0, 0.05) is 6.54 Å². The lowest BCUT2D eigenvalue weighted by molar-refractivity contribution is -0.109. The number of benzene rings is 1. The van der Waals surface area contributed by atoms with Gasteiger partial charge in [0.15, 0.2) is 0 Å². The summed E-state index contributed by atoms with van der Waals surface area (Å²) in [5, 5.41) is 2.64. The fourth-order valence-electron chi connectivity index (χ4n) is 1.28. The van der Waals surface area contributed by atoms with E-state index in [-0.39, 0.29) is 0 Å². The van der Waals surface area contributed by atoms with Crippen LogP contribution < -0.4 is 10.1 Å². The molecule has 76 valence electrons. The first kappa shape index (κ1) is 10.6. The summed E-state index contributed by atoms with van der Waals surface area (Å²) in [6.07, 6.45) is 2.63. The van der Waals surface area contributed by atoms with Crippen LogP contribution in [0.15, 0.2) is 24.3 Å². The normalized spacial score (nSPS) is 9.50. The molecular weight excluding hydrogens is 178 g/mol. The highest BCUT2D eigenvalue weighted by Crippen LogP contribution is 2.13. The number of amides is 1. The zero-order valence-electron chi connectivity index (χ0n) is 8.32. The van der Waals surface area contributed by atoms with Crippen LogP contribution >= 0.6 is 0 Å². The van der Waals surface area contributed by atoms with Crippen LogP contribution in [-0.2, 0) is 11.2 Å². The Morgan fingerprint density at radius 1 is 1.50 bits per heavy atom. The number of carbonyl (C=O) groups excluding carboxylic acids is 1. The van der Waals surface area contributed by atoms with Crippen molar-refractivity contribution >= 4 is 6.41 Å². The number of nitrogens with one attached hydrogen (secondary N) is 1. The number of ether oxygens (including phenoxy) is 1. The topological polar surface area (TPSA) is 38.3 Å². The Morgan fingerprint density at radius 3 is 3.07 bits per heavy atom. The maximum Gasteiger partial charge on any atom is 0.207 e. The van der Waals surface area contributed by atoms with Crippen LogP contribution in [0.3, 0.4) is 0 Å². The van der Waals surface area contributed by atoms with Gasteiger partial charge in [-0.05, 0) is 30.5 Å². The Bertz CT molecular complexity index is 286. The zero-order chi connectivity index (χ0) is 10.2. The highest BCUT2D eigenvalue weighted by atomic mass is 16.5. The van der Waals surface area contributed by atoms with E-state index in [1.165, 1.54) is 5.56 Å². The van der Waals surface area contributed by atoms with Crippen molar-refractivity contribution in [3.63, 3.8) is 0 Å². The minimum Gasteiger partial charge on any atom is -0.497 e. The van der Waals surface area contributed by atoms with E-state index in [0.717, 1.165) is 31.5 Å². The largest absolute Gasteiger partial charge is 0.497 e. The molecule has 1 N–H and O–H groups in total. The molecule has 0 spiro atoms. The van der Waals surface area contributed by atoms with Crippen molar-refractivity contribution in [2.45, 2.75) is 12.8 Å². The Hall–Kier alpha value is -1.51. The van der Waals surface area contributed by atoms with Crippen molar-refractivity contribution in [3.8, 4) is 5.75 Å². The maximum atomic E-state index is 9.99. The quantitative estimate of drug-likeness (QED) is 0.547. The molecule has 0 fully saturated rings. The fraction of sp³-hybridized carbons (Fsp3) is 0.364. The van der Waals surface area contributed by atoms with Gasteiger partial charge in [-0.1, -0.05) is 12.1 Å². The van der Waals surface area contributed by atoms with Gasteiger partial charge >= 0.3 is 0 Å². The molecule has 3 heteroatoms. The molecule has 14 heavy (non-hydrogen) atoms. The lowest BCUT2D eigenvalue weighted by Crippen LogP contribution is -2.12. The molecule has 0 bridgehead atoms. The zero-order valence-corrected chi connectivity index (χ0v) is 8.32. The van der Waals surface area contributed by atoms with Crippen LogP contribution in [0.25, 0.3) is 0 Å². The van der Waals surface area contributed by atoms with E-state index < -0.39 is 0 Å². The van der Waals surface area contributed by atoms with Gasteiger partial charge in [0.1, 0.15) is 5.75 Å². The third-order valence-corrected chi connectivity index (χ3v) is 2.00. The average Bonchev–Trinajstić information content (AvgIpc) is 2.25. The van der Waals surface area contributed by atoms with Crippen molar-refractivity contribution in [2.24, 2.45) is 0 Å². The molecule has 0 atom stereocenters. The molecule has 1 aromatic rings. The Labute approximate surface area is 84.1 Å². The standard InChI is InChI=1S/C11H15NO2/c1-14-11-6-2-4-10(8-11)5-3-7-12-9-13/h2,4,6,8-9H,3,5,7H2,1H3,(H,12,13). The highest BCUT2D eigenvalue weighted by Gasteiger charge is 1.95. The van der Waals surface area contributed by atoms with Gasteiger partial charge in [0.25, 0.3) is 0 Å². The highest BCUT2D eigenvalue weighted by molar-refractivity contribution is 5.45. The number of aryl methyl sites for hydroxylation is 1. The van der Waals surface area contributed by atoms with E-state index in [9.17, 15) is 4.79 Å². The van der Waals surface area contributed by atoms with Crippen LogP contribution in [0.4, 0.5) is 0 Å². The van der Waals surface area contributed by atoms with Gasteiger partial charge < -0.3 is 10.1 Å². The first-order valence-corrected chi connectivity index (χ1v) is 4.67. The van der Waals surface area contributed by atoms with Crippen LogP contribution in [0.1, 0.15) is 12.0 Å².